The van der Waals surface area contributed by atoms with Gasteiger partial charge >= 0.3 is 10.3 Å². The summed E-state index contributed by atoms with van der Waals surface area (Å²) in [6.07, 6.45) is -6.76. The van der Waals surface area contributed by atoms with Crippen molar-refractivity contribution in [2.24, 2.45) is 0 Å². The summed E-state index contributed by atoms with van der Waals surface area (Å²) in [5.41, 5.74) is 0. The summed E-state index contributed by atoms with van der Waals surface area (Å²) in [4.78, 5) is -3.66. The Bertz CT molecular complexity index is 557. The Labute approximate surface area is 113 Å². The van der Waals surface area contributed by atoms with Gasteiger partial charge in [0.2, 0.25) is 4.93 Å². The van der Waals surface area contributed by atoms with Crippen LogP contribution in [-0.4, -0.2) is 82.4 Å². The predicted molar refractivity (Wildman–Crippen MR) is 58.9 cm³/mol. The van der Waals surface area contributed by atoms with Crippen LogP contribution in [-0.2, 0) is 25.2 Å². The smallest absolute Gasteiger partial charge is 0.333 e. The van der Waals surface area contributed by atoms with Gasteiger partial charge in [0.15, 0.2) is 6.29 Å². The molecule has 0 aromatic rings. The van der Waals surface area contributed by atoms with E-state index >= 15 is 0 Å². The Hall–Kier alpha value is -0.420. The highest BCUT2D eigenvalue weighted by atomic mass is 32.2. The molecule has 1 rings (SSSR count). The topological polar surface area (TPSA) is 211 Å². The van der Waals surface area contributed by atoms with E-state index in [2.05, 4.69) is 4.74 Å². The first-order chi connectivity index (χ1) is 8.84. The Morgan fingerprint density at radius 3 is 2.00 bits per heavy atom. The number of ether oxygens (including phenoxy) is 1. The molecule has 5 atom stereocenters. The molecular weight excluding hydrogens is 326 g/mol. The van der Waals surface area contributed by atoms with E-state index in [1.165, 1.54) is 0 Å². The van der Waals surface area contributed by atoms with Crippen LogP contribution in [0.1, 0.15) is 0 Å². The Balaban J connectivity index is 3.39. The predicted octanol–water partition coefficient (Wildman–Crippen LogP) is -4.61. The number of hydrogen-bond acceptors (Lipinski definition) is 9. The zero-order valence-electron chi connectivity index (χ0n) is 9.56. The van der Waals surface area contributed by atoms with Crippen LogP contribution in [0.3, 0.4) is 0 Å². The van der Waals surface area contributed by atoms with Gasteiger partial charge in [-0.1, -0.05) is 0 Å². The molecule has 1 unspecified atom stereocenters. The highest BCUT2D eigenvalue weighted by molar-refractivity contribution is 7.87. The summed E-state index contributed by atoms with van der Waals surface area (Å²) in [7, 11) is -10.7. The van der Waals surface area contributed by atoms with Gasteiger partial charge in [-0.2, -0.15) is 21.6 Å². The monoisotopic (exact) mass is 339 g/mol. The van der Waals surface area contributed by atoms with E-state index in [4.69, 9.17) is 14.2 Å². The first-order valence-corrected chi connectivity index (χ1v) is 7.79. The van der Waals surface area contributed by atoms with Crippen molar-refractivity contribution in [1.29, 1.82) is 0 Å². The van der Waals surface area contributed by atoms with Crippen molar-refractivity contribution in [3.63, 3.8) is 0 Å². The quantitative estimate of drug-likeness (QED) is 0.242. The second-order valence-corrected chi connectivity index (χ2v) is 6.78. The summed E-state index contributed by atoms with van der Waals surface area (Å²) in [5, 5.41) is 37.8. The van der Waals surface area contributed by atoms with Crippen molar-refractivity contribution in [1.82, 2.24) is 4.72 Å². The van der Waals surface area contributed by atoms with Gasteiger partial charge < -0.3 is 25.2 Å². The molecule has 12 nitrogen and oxygen atoms in total. The molecule has 0 bridgehead atoms. The van der Waals surface area contributed by atoms with Crippen LogP contribution in [0, 0.1) is 0 Å². The van der Waals surface area contributed by atoms with Crippen molar-refractivity contribution in [2.75, 3.05) is 6.61 Å². The largest absolute Gasteiger partial charge is 0.394 e. The first-order valence-electron chi connectivity index (χ1n) is 4.91. The first kappa shape index (κ1) is 17.6. The molecule has 20 heavy (non-hydrogen) atoms. The van der Waals surface area contributed by atoms with Gasteiger partial charge in [-0.05, 0) is 0 Å². The van der Waals surface area contributed by atoms with E-state index in [0.29, 0.717) is 0 Å². The second kappa shape index (κ2) is 5.41. The van der Waals surface area contributed by atoms with Gasteiger partial charge in [0.05, 0.1) is 6.61 Å². The third kappa shape index (κ3) is 3.08. The average molecular weight is 339 g/mol. The maximum absolute atomic E-state index is 11.2. The normalized spacial score (nSPS) is 39.7. The minimum absolute atomic E-state index is 1.06. The van der Waals surface area contributed by atoms with Gasteiger partial charge in [0.25, 0.3) is 10.1 Å². The van der Waals surface area contributed by atoms with Gasteiger partial charge in [0, 0.05) is 0 Å². The minimum atomic E-state index is -5.56. The fourth-order valence-corrected chi connectivity index (χ4v) is 3.39. The molecule has 0 saturated carbocycles. The van der Waals surface area contributed by atoms with Crippen molar-refractivity contribution in [2.45, 2.75) is 29.5 Å². The SMILES string of the molecule is O=S(=O)(O)N[C@H]1C(O)O[C@H](CO)[C@@H](O)[C@@]1(O)S(=O)(=O)O. The standard InChI is InChI=1S/C6H13NO11S2/c8-1-2-4(9)6(11,19(12,13)14)3(5(10)18-2)7-20(15,16)17/h2-5,7-11H,1H2,(H,12,13,14)(H,15,16,17)/t2-,3+,4-,5?,6+/m1/s1. The zero-order chi connectivity index (χ0) is 15.9. The number of aliphatic hydroxyl groups excluding tert-OH is 3. The van der Waals surface area contributed by atoms with E-state index < -0.39 is 56.5 Å². The molecule has 1 saturated heterocycles. The van der Waals surface area contributed by atoms with Crippen molar-refractivity contribution < 1.29 is 51.1 Å². The summed E-state index contributed by atoms with van der Waals surface area (Å²) >= 11 is 0. The molecule has 0 spiro atoms. The maximum atomic E-state index is 11.2. The van der Waals surface area contributed by atoms with Gasteiger partial charge in [0.1, 0.15) is 18.2 Å². The highest BCUT2D eigenvalue weighted by Gasteiger charge is 2.63. The van der Waals surface area contributed by atoms with Crippen LogP contribution in [0.2, 0.25) is 0 Å². The molecular formula is C6H13NO11S2. The fraction of sp³-hybridized carbons (Fsp3) is 1.00. The zero-order valence-corrected chi connectivity index (χ0v) is 11.2. The number of nitrogens with one attached hydrogen (secondary N) is 1. The van der Waals surface area contributed by atoms with Crippen LogP contribution in [0.5, 0.6) is 0 Å². The molecule has 0 amide bonds. The molecule has 1 aliphatic rings. The number of hydrogen-bond donors (Lipinski definition) is 7. The van der Waals surface area contributed by atoms with Crippen LogP contribution in [0.25, 0.3) is 0 Å². The highest BCUT2D eigenvalue weighted by Crippen LogP contribution is 2.33. The molecule has 1 fully saturated rings. The average Bonchev–Trinajstić information content (AvgIpc) is 2.26. The van der Waals surface area contributed by atoms with E-state index in [-0.39, 0.29) is 0 Å². The lowest BCUT2D eigenvalue weighted by Gasteiger charge is -2.45. The van der Waals surface area contributed by atoms with Gasteiger partial charge in [-0.15, -0.1) is 0 Å². The lowest BCUT2D eigenvalue weighted by Crippen LogP contribution is -2.74. The molecule has 1 heterocycles. The van der Waals surface area contributed by atoms with E-state index in [0.717, 1.165) is 4.72 Å². The Morgan fingerprint density at radius 1 is 1.15 bits per heavy atom. The molecule has 1 aliphatic heterocycles. The Kier molecular flexibility index (Phi) is 4.77. The van der Waals surface area contributed by atoms with E-state index in [1.54, 1.807) is 0 Å². The minimum Gasteiger partial charge on any atom is -0.394 e. The summed E-state index contributed by atoms with van der Waals surface area (Å²) < 4.78 is 66.9. The lowest BCUT2D eigenvalue weighted by atomic mass is 9.97. The van der Waals surface area contributed by atoms with E-state index in [1.807, 2.05) is 0 Å². The van der Waals surface area contributed by atoms with Crippen LogP contribution >= 0.6 is 0 Å². The van der Waals surface area contributed by atoms with Crippen molar-refractivity contribution in [3.8, 4) is 0 Å². The number of rotatable bonds is 4. The molecule has 0 aromatic carbocycles. The third-order valence-corrected chi connectivity index (χ3v) is 4.56. The Morgan fingerprint density at radius 2 is 1.65 bits per heavy atom. The van der Waals surface area contributed by atoms with Gasteiger partial charge in [-0.25, -0.2) is 0 Å². The molecule has 7 N–H and O–H groups in total. The summed E-state index contributed by atoms with van der Waals surface area (Å²) in [6, 6.07) is -2.55. The molecule has 0 radical (unpaired) electrons. The van der Waals surface area contributed by atoms with Crippen molar-refractivity contribution in [3.05, 3.63) is 0 Å². The molecule has 120 valence electrons. The van der Waals surface area contributed by atoms with Crippen LogP contribution in [0.4, 0.5) is 0 Å². The molecule has 14 heteroatoms. The second-order valence-electron chi connectivity index (χ2n) is 3.99. The van der Waals surface area contributed by atoms with Gasteiger partial charge in [-0.3, -0.25) is 9.11 Å². The van der Waals surface area contributed by atoms with Crippen LogP contribution < -0.4 is 4.72 Å². The fourth-order valence-electron chi connectivity index (χ4n) is 1.75. The van der Waals surface area contributed by atoms with Crippen LogP contribution in [0.15, 0.2) is 0 Å². The lowest BCUT2D eigenvalue weighted by molar-refractivity contribution is -0.264. The molecule has 0 aliphatic carbocycles. The summed E-state index contributed by atoms with van der Waals surface area (Å²) in [5.74, 6) is 0. The molecule has 0 aromatic heterocycles. The third-order valence-electron chi connectivity index (χ3n) is 2.69. The summed E-state index contributed by atoms with van der Waals surface area (Å²) in [6.45, 7) is -1.06. The number of aliphatic hydroxyl groups is 4. The maximum Gasteiger partial charge on any atom is 0.333 e. The van der Waals surface area contributed by atoms with E-state index in [9.17, 15) is 32.2 Å². The van der Waals surface area contributed by atoms with Crippen molar-refractivity contribution >= 4 is 20.4 Å².